The highest BCUT2D eigenvalue weighted by molar-refractivity contribution is 4.80. The molecule has 1 rings (SSSR count). The predicted octanol–water partition coefficient (Wildman–Crippen LogP) is 0.830. The van der Waals surface area contributed by atoms with E-state index in [9.17, 15) is 0 Å². The van der Waals surface area contributed by atoms with Crippen LogP contribution in [0.15, 0.2) is 0 Å². The van der Waals surface area contributed by atoms with Gasteiger partial charge in [0.2, 0.25) is 0 Å². The molecule has 1 unspecified atom stereocenters. The average molecular weight is 200 g/mol. The maximum Gasteiger partial charge on any atom is 0.0582 e. The highest BCUT2D eigenvalue weighted by atomic mass is 16.3. The molecular formula is C11H24N2O. The number of nitrogens with one attached hydrogen (secondary N) is 1. The smallest absolute Gasteiger partial charge is 0.0582 e. The van der Waals surface area contributed by atoms with Crippen LogP contribution in [-0.2, 0) is 0 Å². The van der Waals surface area contributed by atoms with Crippen LogP contribution in [0.2, 0.25) is 0 Å². The summed E-state index contributed by atoms with van der Waals surface area (Å²) in [7, 11) is 0. The first-order chi connectivity index (χ1) is 6.63. The molecule has 0 aliphatic carbocycles. The first kappa shape index (κ1) is 12.0. The van der Waals surface area contributed by atoms with Gasteiger partial charge in [-0.05, 0) is 46.7 Å². The van der Waals surface area contributed by atoms with E-state index in [2.05, 4.69) is 24.1 Å². The topological polar surface area (TPSA) is 35.5 Å². The highest BCUT2D eigenvalue weighted by Gasteiger charge is 2.21. The second kappa shape index (κ2) is 5.69. The first-order valence-electron chi connectivity index (χ1n) is 5.74. The lowest BCUT2D eigenvalue weighted by atomic mass is 10.0. The van der Waals surface area contributed by atoms with Crippen molar-refractivity contribution in [3.05, 3.63) is 0 Å². The standard InChI is InChI=1S/C11H24N2O/c1-9(2)13-6-4-11(5-7-13)12-10(3)8-14/h9-12,14H,4-8H2,1-3H3. The molecule has 3 nitrogen and oxygen atoms in total. The summed E-state index contributed by atoms with van der Waals surface area (Å²) >= 11 is 0. The van der Waals surface area contributed by atoms with Gasteiger partial charge in [-0.2, -0.15) is 0 Å². The van der Waals surface area contributed by atoms with Crippen LogP contribution in [0, 0.1) is 0 Å². The Morgan fingerprint density at radius 3 is 2.29 bits per heavy atom. The van der Waals surface area contributed by atoms with Crippen LogP contribution in [0.1, 0.15) is 33.6 Å². The quantitative estimate of drug-likeness (QED) is 0.705. The molecule has 1 saturated heterocycles. The Hall–Kier alpha value is -0.120. The molecule has 1 atom stereocenters. The van der Waals surface area contributed by atoms with Gasteiger partial charge in [0.05, 0.1) is 6.61 Å². The molecule has 0 amide bonds. The summed E-state index contributed by atoms with van der Waals surface area (Å²) in [5.74, 6) is 0. The van der Waals surface area contributed by atoms with E-state index in [1.165, 1.54) is 25.9 Å². The monoisotopic (exact) mass is 200 g/mol. The average Bonchev–Trinajstić information content (AvgIpc) is 2.18. The molecule has 0 radical (unpaired) electrons. The molecule has 1 heterocycles. The van der Waals surface area contributed by atoms with Gasteiger partial charge in [0.25, 0.3) is 0 Å². The minimum absolute atomic E-state index is 0.240. The number of hydrogen-bond acceptors (Lipinski definition) is 3. The van der Waals surface area contributed by atoms with Crippen LogP contribution in [0.25, 0.3) is 0 Å². The summed E-state index contributed by atoms with van der Waals surface area (Å²) in [5.41, 5.74) is 0. The van der Waals surface area contributed by atoms with Crippen molar-refractivity contribution in [1.29, 1.82) is 0 Å². The molecule has 14 heavy (non-hydrogen) atoms. The van der Waals surface area contributed by atoms with Crippen LogP contribution in [-0.4, -0.2) is 47.8 Å². The van der Waals surface area contributed by atoms with Crippen LogP contribution in [0.4, 0.5) is 0 Å². The fourth-order valence-electron chi connectivity index (χ4n) is 2.04. The number of aliphatic hydroxyl groups excluding tert-OH is 1. The second-order valence-electron chi connectivity index (χ2n) is 4.65. The highest BCUT2D eigenvalue weighted by Crippen LogP contribution is 2.13. The van der Waals surface area contributed by atoms with E-state index in [0.29, 0.717) is 12.1 Å². The van der Waals surface area contributed by atoms with E-state index in [1.807, 2.05) is 6.92 Å². The number of nitrogens with zero attached hydrogens (tertiary/aromatic N) is 1. The molecule has 1 aliphatic heterocycles. The number of rotatable bonds is 4. The largest absolute Gasteiger partial charge is 0.395 e. The van der Waals surface area contributed by atoms with Gasteiger partial charge in [0.1, 0.15) is 0 Å². The van der Waals surface area contributed by atoms with Crippen LogP contribution in [0.5, 0.6) is 0 Å². The van der Waals surface area contributed by atoms with Crippen molar-refractivity contribution >= 4 is 0 Å². The lowest BCUT2D eigenvalue weighted by Crippen LogP contribution is -2.47. The Morgan fingerprint density at radius 2 is 1.86 bits per heavy atom. The zero-order valence-corrected chi connectivity index (χ0v) is 9.66. The molecule has 0 saturated carbocycles. The van der Waals surface area contributed by atoms with E-state index in [-0.39, 0.29) is 12.6 Å². The van der Waals surface area contributed by atoms with E-state index in [4.69, 9.17) is 5.11 Å². The summed E-state index contributed by atoms with van der Waals surface area (Å²) in [5, 5.41) is 12.4. The van der Waals surface area contributed by atoms with Crippen molar-refractivity contribution in [2.75, 3.05) is 19.7 Å². The Bertz CT molecular complexity index is 153. The summed E-state index contributed by atoms with van der Waals surface area (Å²) in [6, 6.07) is 1.52. The molecule has 0 spiro atoms. The van der Waals surface area contributed by atoms with Gasteiger partial charge in [-0.1, -0.05) is 0 Å². The fourth-order valence-corrected chi connectivity index (χ4v) is 2.04. The van der Waals surface area contributed by atoms with Gasteiger partial charge in [-0.3, -0.25) is 0 Å². The minimum Gasteiger partial charge on any atom is -0.395 e. The first-order valence-corrected chi connectivity index (χ1v) is 5.74. The SMILES string of the molecule is CC(CO)NC1CCN(C(C)C)CC1. The van der Waals surface area contributed by atoms with Crippen molar-refractivity contribution in [1.82, 2.24) is 10.2 Å². The second-order valence-corrected chi connectivity index (χ2v) is 4.65. The summed E-state index contributed by atoms with van der Waals surface area (Å²) in [4.78, 5) is 2.52. The van der Waals surface area contributed by atoms with Gasteiger partial charge < -0.3 is 15.3 Å². The number of likely N-dealkylation sites (tertiary alicyclic amines) is 1. The lowest BCUT2D eigenvalue weighted by Gasteiger charge is -2.35. The van der Waals surface area contributed by atoms with Crippen molar-refractivity contribution < 1.29 is 5.11 Å². The molecule has 0 bridgehead atoms. The molecular weight excluding hydrogens is 176 g/mol. The van der Waals surface area contributed by atoms with Crippen molar-refractivity contribution in [3.63, 3.8) is 0 Å². The number of aliphatic hydroxyl groups is 1. The van der Waals surface area contributed by atoms with Crippen LogP contribution >= 0.6 is 0 Å². The van der Waals surface area contributed by atoms with Gasteiger partial charge >= 0.3 is 0 Å². The van der Waals surface area contributed by atoms with Crippen molar-refractivity contribution in [2.45, 2.75) is 51.7 Å². The Labute approximate surface area is 87.5 Å². The fraction of sp³-hybridized carbons (Fsp3) is 1.00. The molecule has 1 aliphatic rings. The number of hydrogen-bond donors (Lipinski definition) is 2. The van der Waals surface area contributed by atoms with Gasteiger partial charge in [0.15, 0.2) is 0 Å². The molecule has 84 valence electrons. The van der Waals surface area contributed by atoms with E-state index in [0.717, 1.165) is 0 Å². The van der Waals surface area contributed by atoms with E-state index < -0.39 is 0 Å². The van der Waals surface area contributed by atoms with E-state index in [1.54, 1.807) is 0 Å². The molecule has 0 aromatic heterocycles. The third kappa shape index (κ3) is 3.56. The maximum absolute atomic E-state index is 8.93. The summed E-state index contributed by atoms with van der Waals surface area (Å²) < 4.78 is 0. The normalized spacial score (nSPS) is 22.9. The molecule has 0 aromatic carbocycles. The van der Waals surface area contributed by atoms with Crippen molar-refractivity contribution in [3.8, 4) is 0 Å². The summed E-state index contributed by atoms with van der Waals surface area (Å²) in [6.07, 6.45) is 2.42. The Morgan fingerprint density at radius 1 is 1.29 bits per heavy atom. The minimum atomic E-state index is 0.240. The Kier molecular flexibility index (Phi) is 4.85. The molecule has 3 heteroatoms. The Balaban J connectivity index is 2.22. The predicted molar refractivity (Wildman–Crippen MR) is 59.4 cm³/mol. The van der Waals surface area contributed by atoms with Crippen LogP contribution < -0.4 is 5.32 Å². The maximum atomic E-state index is 8.93. The zero-order valence-electron chi connectivity index (χ0n) is 9.66. The van der Waals surface area contributed by atoms with Gasteiger partial charge in [-0.15, -0.1) is 0 Å². The van der Waals surface area contributed by atoms with Gasteiger partial charge in [0, 0.05) is 18.1 Å². The third-order valence-corrected chi connectivity index (χ3v) is 3.05. The summed E-state index contributed by atoms with van der Waals surface area (Å²) in [6.45, 7) is 9.16. The third-order valence-electron chi connectivity index (χ3n) is 3.05. The van der Waals surface area contributed by atoms with Gasteiger partial charge in [-0.25, -0.2) is 0 Å². The van der Waals surface area contributed by atoms with Crippen molar-refractivity contribution in [2.24, 2.45) is 0 Å². The van der Waals surface area contributed by atoms with Crippen LogP contribution in [0.3, 0.4) is 0 Å². The van der Waals surface area contributed by atoms with E-state index >= 15 is 0 Å². The lowest BCUT2D eigenvalue weighted by molar-refractivity contribution is 0.148. The zero-order chi connectivity index (χ0) is 10.6. The molecule has 2 N–H and O–H groups in total. The molecule has 1 fully saturated rings. The molecule has 0 aromatic rings. The number of piperidine rings is 1.